The first kappa shape index (κ1) is 34.4. The zero-order chi connectivity index (χ0) is 32.1. The summed E-state index contributed by atoms with van der Waals surface area (Å²) in [6, 6.07) is 19.3. The topological polar surface area (TPSA) is 126 Å². The molecule has 0 radical (unpaired) electrons. The van der Waals surface area contributed by atoms with Gasteiger partial charge in [0.25, 0.3) is 0 Å². The van der Waals surface area contributed by atoms with E-state index in [2.05, 4.69) is 58.9 Å². The lowest BCUT2D eigenvalue weighted by Gasteiger charge is -2.42. The Bertz CT molecular complexity index is 1670. The molecule has 3 aromatic rings. The van der Waals surface area contributed by atoms with E-state index in [1.54, 1.807) is 12.1 Å². The third-order valence-corrected chi connectivity index (χ3v) is 11.4. The number of fused-ring (bicyclic) bond motifs is 1. The molecule has 0 bridgehead atoms. The van der Waals surface area contributed by atoms with Crippen LogP contribution in [0.3, 0.4) is 0 Å². The van der Waals surface area contributed by atoms with Gasteiger partial charge in [-0.25, -0.2) is 16.8 Å². The molecule has 7 nitrogen and oxygen atoms in total. The predicted octanol–water partition coefficient (Wildman–Crippen LogP) is 5.63. The highest BCUT2D eigenvalue weighted by Crippen LogP contribution is 2.46. The molecule has 1 aliphatic rings. The quantitative estimate of drug-likeness (QED) is 0.233. The van der Waals surface area contributed by atoms with Crippen molar-refractivity contribution in [2.45, 2.75) is 68.1 Å². The monoisotopic (exact) mass is 626 g/mol. The van der Waals surface area contributed by atoms with Gasteiger partial charge in [0.05, 0.1) is 34.5 Å². The number of allylic oxidation sites excluding steroid dienone is 1. The maximum atomic E-state index is 12.1. The molecule has 0 spiro atoms. The minimum absolute atomic E-state index is 0.122. The first-order valence-corrected chi connectivity index (χ1v) is 17.5. The molecule has 232 valence electrons. The Labute approximate surface area is 256 Å². The Morgan fingerprint density at radius 1 is 0.698 bits per heavy atom. The molecule has 0 fully saturated rings. The third kappa shape index (κ3) is 8.50. The lowest BCUT2D eigenvalue weighted by molar-refractivity contribution is 0.112. The summed E-state index contributed by atoms with van der Waals surface area (Å²) in [7, 11) is -6.81. The van der Waals surface area contributed by atoms with Gasteiger partial charge in [-0.15, -0.1) is 0 Å². The minimum atomic E-state index is -3.41. The van der Waals surface area contributed by atoms with E-state index in [0.717, 1.165) is 11.1 Å². The molecule has 0 aromatic heterocycles. The van der Waals surface area contributed by atoms with Crippen LogP contribution in [-0.2, 0) is 30.5 Å². The van der Waals surface area contributed by atoms with Gasteiger partial charge in [0.1, 0.15) is 6.29 Å². The highest BCUT2D eigenvalue weighted by atomic mass is 32.2. The van der Waals surface area contributed by atoms with Crippen molar-refractivity contribution in [3.63, 3.8) is 0 Å². The van der Waals surface area contributed by atoms with Crippen LogP contribution in [0, 0.1) is 0 Å². The van der Waals surface area contributed by atoms with Gasteiger partial charge in [0, 0.05) is 5.56 Å². The molecule has 2 N–H and O–H groups in total. The van der Waals surface area contributed by atoms with Crippen LogP contribution in [0.4, 0.5) is 0 Å². The van der Waals surface area contributed by atoms with Crippen LogP contribution in [-0.4, -0.2) is 58.1 Å². The van der Waals surface area contributed by atoms with E-state index in [9.17, 15) is 21.6 Å². The van der Waals surface area contributed by atoms with E-state index >= 15 is 0 Å². The number of hydrogen-bond donors (Lipinski definition) is 2. The maximum Gasteiger partial charge on any atom is 0.180 e. The van der Waals surface area contributed by atoms with Crippen LogP contribution < -0.4 is 0 Å². The maximum absolute atomic E-state index is 12.1. The van der Waals surface area contributed by atoms with Crippen molar-refractivity contribution in [3.8, 4) is 0 Å². The number of carbonyl (C=O) groups excluding carboxylic acids is 1. The van der Waals surface area contributed by atoms with E-state index in [1.807, 2.05) is 12.1 Å². The fourth-order valence-electron chi connectivity index (χ4n) is 5.17. The molecule has 0 saturated carbocycles. The van der Waals surface area contributed by atoms with Crippen LogP contribution in [0.25, 0.3) is 11.6 Å². The van der Waals surface area contributed by atoms with Gasteiger partial charge < -0.3 is 10.2 Å². The molecule has 0 unspecified atom stereocenters. The summed E-state index contributed by atoms with van der Waals surface area (Å²) >= 11 is 0. The SMILES string of the molecule is CC(=Cc1ccc(S(=O)(=O)CCO)cc1)c1ccc2c(c1)C(C)(C)CCC2(C)C.O=Cc1ccc(S(=O)(=O)CCO)cc1. The Morgan fingerprint density at radius 2 is 1.14 bits per heavy atom. The first-order valence-electron chi connectivity index (χ1n) is 14.2. The fraction of sp³-hybridized carbons (Fsp3) is 0.382. The Morgan fingerprint density at radius 3 is 1.58 bits per heavy atom. The molecular formula is C34H42O7S2. The molecule has 0 saturated heterocycles. The van der Waals surface area contributed by atoms with E-state index in [4.69, 9.17) is 10.2 Å². The number of carbonyl (C=O) groups is 1. The standard InChI is InChI=1S/C25H32O3S.C9H10O4S/c1-18(16-19-6-9-21(10-7-19)29(27,28)15-14-26)20-8-11-22-23(17-20)25(4,5)13-12-24(22,2)3;10-5-6-14(12,13)9-3-1-8(7-11)2-4-9/h6-11,16-17,26H,12-15H2,1-5H3;1-4,7,10H,5-6H2. The van der Waals surface area contributed by atoms with Crippen molar-refractivity contribution in [2.75, 3.05) is 24.7 Å². The molecule has 0 atom stereocenters. The summed E-state index contributed by atoms with van der Waals surface area (Å²) in [5.41, 5.74) is 6.99. The van der Waals surface area contributed by atoms with Gasteiger partial charge in [0.2, 0.25) is 0 Å². The highest BCUT2D eigenvalue weighted by Gasteiger charge is 2.36. The number of aldehydes is 1. The van der Waals surface area contributed by atoms with Crippen LogP contribution in [0.15, 0.2) is 76.5 Å². The van der Waals surface area contributed by atoms with E-state index in [0.29, 0.717) is 11.8 Å². The number of hydrogen-bond acceptors (Lipinski definition) is 7. The fourth-order valence-corrected chi connectivity index (χ4v) is 7.22. The van der Waals surface area contributed by atoms with Crippen LogP contribution >= 0.6 is 0 Å². The number of aliphatic hydroxyl groups excluding tert-OH is 2. The molecule has 4 rings (SSSR count). The summed E-state index contributed by atoms with van der Waals surface area (Å²) in [4.78, 5) is 10.7. The normalized spacial score (nSPS) is 16.0. The second-order valence-corrected chi connectivity index (χ2v) is 16.4. The van der Waals surface area contributed by atoms with Crippen molar-refractivity contribution in [1.82, 2.24) is 0 Å². The largest absolute Gasteiger partial charge is 0.395 e. The predicted molar refractivity (Wildman–Crippen MR) is 172 cm³/mol. The smallest absolute Gasteiger partial charge is 0.180 e. The molecule has 0 amide bonds. The van der Waals surface area contributed by atoms with E-state index < -0.39 is 26.3 Å². The molecule has 3 aromatic carbocycles. The van der Waals surface area contributed by atoms with E-state index in [-0.39, 0.29) is 38.7 Å². The van der Waals surface area contributed by atoms with Gasteiger partial charge in [-0.3, -0.25) is 4.79 Å². The second-order valence-electron chi connectivity index (χ2n) is 12.2. The zero-order valence-electron chi connectivity index (χ0n) is 25.5. The number of aliphatic hydroxyl groups is 2. The summed E-state index contributed by atoms with van der Waals surface area (Å²) in [5, 5.41) is 17.5. The van der Waals surface area contributed by atoms with Crippen molar-refractivity contribution < 1.29 is 31.8 Å². The summed E-state index contributed by atoms with van der Waals surface area (Å²) in [6.07, 6.45) is 5.11. The molecule has 1 aliphatic carbocycles. The van der Waals surface area contributed by atoms with Gasteiger partial charge >= 0.3 is 0 Å². The zero-order valence-corrected chi connectivity index (χ0v) is 27.1. The number of benzene rings is 3. The number of rotatable bonds is 9. The Kier molecular flexibility index (Phi) is 10.9. The van der Waals surface area contributed by atoms with Gasteiger partial charge in [0.15, 0.2) is 19.7 Å². The second kappa shape index (κ2) is 13.7. The van der Waals surface area contributed by atoms with Crippen LogP contribution in [0.2, 0.25) is 0 Å². The lowest BCUT2D eigenvalue weighted by Crippen LogP contribution is -2.33. The van der Waals surface area contributed by atoms with Crippen molar-refractivity contribution in [3.05, 3.63) is 94.5 Å². The Balaban J connectivity index is 0.000000303. The van der Waals surface area contributed by atoms with Crippen molar-refractivity contribution in [2.24, 2.45) is 0 Å². The van der Waals surface area contributed by atoms with Gasteiger partial charge in [-0.1, -0.05) is 76.2 Å². The number of sulfone groups is 2. The minimum Gasteiger partial charge on any atom is -0.395 e. The Hall–Kier alpha value is -3.11. The van der Waals surface area contributed by atoms with E-state index in [1.165, 1.54) is 53.8 Å². The third-order valence-electron chi connectivity index (χ3n) is 8.03. The molecule has 0 aliphatic heterocycles. The van der Waals surface area contributed by atoms with Crippen LogP contribution in [0.5, 0.6) is 0 Å². The van der Waals surface area contributed by atoms with Gasteiger partial charge in [-0.2, -0.15) is 0 Å². The molecule has 9 heteroatoms. The average Bonchev–Trinajstić information content (AvgIpc) is 2.96. The molecule has 43 heavy (non-hydrogen) atoms. The summed E-state index contributed by atoms with van der Waals surface area (Å²) < 4.78 is 46.9. The summed E-state index contributed by atoms with van der Waals surface area (Å²) in [5.74, 6) is -0.546. The van der Waals surface area contributed by atoms with Crippen molar-refractivity contribution in [1.29, 1.82) is 0 Å². The lowest BCUT2D eigenvalue weighted by atomic mass is 9.63. The van der Waals surface area contributed by atoms with Gasteiger partial charge in [-0.05, 0) is 82.7 Å². The first-order chi connectivity index (χ1) is 20.1. The summed E-state index contributed by atoms with van der Waals surface area (Å²) in [6.45, 7) is 10.6. The molecule has 0 heterocycles. The average molecular weight is 627 g/mol. The molecular weight excluding hydrogens is 585 g/mol. The van der Waals surface area contributed by atoms with Crippen LogP contribution in [0.1, 0.15) is 80.1 Å². The highest BCUT2D eigenvalue weighted by molar-refractivity contribution is 7.91. The van der Waals surface area contributed by atoms with Crippen molar-refractivity contribution >= 4 is 37.6 Å².